The van der Waals surface area contributed by atoms with E-state index >= 15 is 0 Å². The van der Waals surface area contributed by atoms with E-state index in [1.807, 2.05) is 0 Å². The predicted octanol–water partition coefficient (Wildman–Crippen LogP) is 6.82. The molecule has 0 aromatic heterocycles. The van der Waals surface area contributed by atoms with Crippen molar-refractivity contribution >= 4 is 63.8 Å². The normalized spacial score (nSPS) is 10.7. The summed E-state index contributed by atoms with van der Waals surface area (Å²) in [6, 6.07) is 6.46. The Bertz CT molecular complexity index is 709. The maximum Gasteiger partial charge on any atom is 0.161 e. The van der Waals surface area contributed by atoms with E-state index in [1.165, 1.54) is 13.0 Å². The van der Waals surface area contributed by atoms with Crippen LogP contribution in [-0.4, -0.2) is 5.78 Å². The number of rotatable bonds is 2. The first-order chi connectivity index (χ1) is 9.32. The summed E-state index contributed by atoms with van der Waals surface area (Å²) in [4.78, 5) is 11.4. The second-order valence-corrected chi connectivity index (χ2v) is 6.07. The van der Waals surface area contributed by atoms with E-state index in [0.29, 0.717) is 26.7 Å². The van der Waals surface area contributed by atoms with Crippen LogP contribution in [0.2, 0.25) is 25.1 Å². The van der Waals surface area contributed by atoms with E-state index in [9.17, 15) is 4.79 Å². The summed E-state index contributed by atoms with van der Waals surface area (Å²) in [7, 11) is 0. The first-order valence-electron chi connectivity index (χ1n) is 5.46. The summed E-state index contributed by atoms with van der Waals surface area (Å²) in [5.74, 6) is -0.118. The first kappa shape index (κ1) is 15.9. The zero-order valence-electron chi connectivity index (χ0n) is 10.1. The van der Waals surface area contributed by atoms with E-state index in [2.05, 4.69) is 0 Å². The maximum absolute atomic E-state index is 11.4. The van der Waals surface area contributed by atoms with Crippen LogP contribution in [0, 0.1) is 0 Å². The number of carbonyl (C=O) groups excluding carboxylic acids is 1. The minimum absolute atomic E-state index is 0.118. The lowest BCUT2D eigenvalue weighted by molar-refractivity contribution is 0.101. The summed E-state index contributed by atoms with van der Waals surface area (Å²) < 4.78 is 0. The van der Waals surface area contributed by atoms with Crippen molar-refractivity contribution < 1.29 is 4.79 Å². The molecule has 0 bridgehead atoms. The van der Waals surface area contributed by atoms with Gasteiger partial charge in [0, 0.05) is 11.1 Å². The van der Waals surface area contributed by atoms with Gasteiger partial charge in [-0.25, -0.2) is 0 Å². The van der Waals surface area contributed by atoms with E-state index in [1.54, 1.807) is 18.2 Å². The molecule has 0 amide bonds. The summed E-state index contributed by atoms with van der Waals surface area (Å²) >= 11 is 30.3. The first-order valence-corrected chi connectivity index (χ1v) is 7.35. The van der Waals surface area contributed by atoms with E-state index < -0.39 is 0 Å². The van der Waals surface area contributed by atoms with Crippen LogP contribution >= 0.6 is 58.0 Å². The largest absolute Gasteiger partial charge is 0.294 e. The van der Waals surface area contributed by atoms with Crippen molar-refractivity contribution in [2.45, 2.75) is 6.92 Å². The molecule has 0 unspecified atom stereocenters. The highest BCUT2D eigenvalue weighted by Crippen LogP contribution is 2.43. The Hall–Kier alpha value is -0.440. The number of ketones is 1. The lowest BCUT2D eigenvalue weighted by Crippen LogP contribution is -1.94. The molecule has 2 aromatic carbocycles. The predicted molar refractivity (Wildman–Crippen MR) is 86.9 cm³/mol. The van der Waals surface area contributed by atoms with Gasteiger partial charge in [-0.15, -0.1) is 0 Å². The molecular weight excluding hydrogens is 361 g/mol. The van der Waals surface area contributed by atoms with Crippen molar-refractivity contribution in [3.63, 3.8) is 0 Å². The second kappa shape index (κ2) is 6.13. The molecule has 0 spiro atoms. The smallest absolute Gasteiger partial charge is 0.161 e. The molecule has 0 radical (unpaired) electrons. The third kappa shape index (κ3) is 2.93. The third-order valence-electron chi connectivity index (χ3n) is 2.75. The average molecular weight is 368 g/mol. The van der Waals surface area contributed by atoms with Gasteiger partial charge in [-0.3, -0.25) is 4.79 Å². The van der Waals surface area contributed by atoms with Crippen molar-refractivity contribution in [1.82, 2.24) is 0 Å². The van der Waals surface area contributed by atoms with Gasteiger partial charge in [0.15, 0.2) is 5.78 Å². The Morgan fingerprint density at radius 1 is 0.850 bits per heavy atom. The van der Waals surface area contributed by atoms with Crippen molar-refractivity contribution in [2.24, 2.45) is 0 Å². The van der Waals surface area contributed by atoms with Crippen LogP contribution in [0.4, 0.5) is 0 Å². The molecule has 20 heavy (non-hydrogen) atoms. The molecule has 0 heterocycles. The molecule has 0 fully saturated rings. The third-order valence-corrected chi connectivity index (χ3v) is 4.62. The lowest BCUT2D eigenvalue weighted by Gasteiger charge is -2.11. The number of hydrogen-bond acceptors (Lipinski definition) is 1. The Kier molecular flexibility index (Phi) is 4.88. The van der Waals surface area contributed by atoms with Gasteiger partial charge in [0.2, 0.25) is 0 Å². The van der Waals surface area contributed by atoms with Crippen LogP contribution in [0.25, 0.3) is 11.1 Å². The second-order valence-electron chi connectivity index (χ2n) is 4.09. The van der Waals surface area contributed by atoms with Crippen molar-refractivity contribution in [2.75, 3.05) is 0 Å². The highest BCUT2D eigenvalue weighted by molar-refractivity contribution is 6.51. The number of benzene rings is 2. The van der Waals surface area contributed by atoms with Crippen LogP contribution in [0.1, 0.15) is 17.3 Å². The van der Waals surface area contributed by atoms with Gasteiger partial charge in [0.25, 0.3) is 0 Å². The Morgan fingerprint density at radius 3 is 2.05 bits per heavy atom. The molecule has 0 aliphatic rings. The minimum Gasteiger partial charge on any atom is -0.294 e. The number of carbonyl (C=O) groups is 1. The number of halogens is 5. The van der Waals surface area contributed by atoms with E-state index in [-0.39, 0.29) is 20.9 Å². The molecule has 104 valence electrons. The summed E-state index contributed by atoms with van der Waals surface area (Å²) in [6.45, 7) is 1.44. The van der Waals surface area contributed by atoms with Gasteiger partial charge < -0.3 is 0 Å². The Morgan fingerprint density at radius 2 is 1.50 bits per heavy atom. The summed E-state index contributed by atoms with van der Waals surface area (Å²) in [5, 5.41) is 1.43. The topological polar surface area (TPSA) is 17.1 Å². The van der Waals surface area contributed by atoms with Crippen molar-refractivity contribution in [1.29, 1.82) is 0 Å². The van der Waals surface area contributed by atoms with Crippen molar-refractivity contribution in [3.05, 3.63) is 54.9 Å². The molecule has 0 aliphatic heterocycles. The molecule has 0 N–H and O–H groups in total. The van der Waals surface area contributed by atoms with Gasteiger partial charge in [-0.05, 0) is 30.7 Å². The highest BCUT2D eigenvalue weighted by atomic mass is 35.5. The fraction of sp³-hybridized carbons (Fsp3) is 0.0714. The molecule has 6 heteroatoms. The van der Waals surface area contributed by atoms with Crippen LogP contribution in [0.5, 0.6) is 0 Å². The monoisotopic (exact) mass is 366 g/mol. The number of hydrogen-bond donors (Lipinski definition) is 0. The molecule has 1 nitrogen and oxygen atoms in total. The Labute approximate surface area is 141 Å². The summed E-state index contributed by atoms with van der Waals surface area (Å²) in [5.41, 5.74) is 1.62. The standard InChI is InChI=1S/C14H7Cl5O/c1-6(20)8-3-2-7(4-9(8)15)12-10(16)5-11(17)13(18)14(12)19/h2-5H,1H3. The van der Waals surface area contributed by atoms with Gasteiger partial charge in [-0.1, -0.05) is 64.1 Å². The SMILES string of the molecule is CC(=O)c1ccc(-c2c(Cl)cc(Cl)c(Cl)c2Cl)cc1Cl. The quantitative estimate of drug-likeness (QED) is 0.323. The van der Waals surface area contributed by atoms with Crippen LogP contribution in [0.3, 0.4) is 0 Å². The summed E-state index contributed by atoms with van der Waals surface area (Å²) in [6.07, 6.45) is 0. The van der Waals surface area contributed by atoms with Crippen LogP contribution in [0.15, 0.2) is 24.3 Å². The fourth-order valence-electron chi connectivity index (χ4n) is 1.79. The maximum atomic E-state index is 11.4. The molecule has 0 saturated carbocycles. The lowest BCUT2D eigenvalue weighted by atomic mass is 10.0. The highest BCUT2D eigenvalue weighted by Gasteiger charge is 2.17. The van der Waals surface area contributed by atoms with Gasteiger partial charge >= 0.3 is 0 Å². The fourth-order valence-corrected chi connectivity index (χ4v) is 3.23. The molecule has 0 saturated heterocycles. The van der Waals surface area contributed by atoms with E-state index in [4.69, 9.17) is 58.0 Å². The zero-order valence-corrected chi connectivity index (χ0v) is 13.9. The molecule has 0 atom stereocenters. The zero-order chi connectivity index (χ0) is 15.0. The molecule has 2 rings (SSSR count). The van der Waals surface area contributed by atoms with E-state index in [0.717, 1.165) is 0 Å². The minimum atomic E-state index is -0.118. The van der Waals surface area contributed by atoms with Crippen LogP contribution in [-0.2, 0) is 0 Å². The average Bonchev–Trinajstić information content (AvgIpc) is 2.36. The van der Waals surface area contributed by atoms with Crippen molar-refractivity contribution in [3.8, 4) is 11.1 Å². The Balaban J connectivity index is 2.67. The van der Waals surface area contributed by atoms with Gasteiger partial charge in [0.1, 0.15) is 0 Å². The van der Waals surface area contributed by atoms with Crippen LogP contribution < -0.4 is 0 Å². The van der Waals surface area contributed by atoms with Gasteiger partial charge in [-0.2, -0.15) is 0 Å². The molecular formula is C14H7Cl5O. The van der Waals surface area contributed by atoms with Gasteiger partial charge in [0.05, 0.1) is 25.1 Å². The number of Topliss-reactive ketones (excluding diaryl/α,β-unsaturated/α-hetero) is 1. The molecule has 0 aliphatic carbocycles. The molecule has 2 aromatic rings.